The van der Waals surface area contributed by atoms with Gasteiger partial charge in [-0.2, -0.15) is 0 Å². The van der Waals surface area contributed by atoms with Gasteiger partial charge in [0.25, 0.3) is 0 Å². The molecule has 0 radical (unpaired) electrons. The highest BCUT2D eigenvalue weighted by Crippen LogP contribution is 2.52. The van der Waals surface area contributed by atoms with Crippen LogP contribution in [0.15, 0.2) is 102 Å². The zero-order valence-electron chi connectivity index (χ0n) is 18.3. The molecule has 0 unspecified atom stereocenters. The van der Waals surface area contributed by atoms with E-state index >= 15 is 0 Å². The maximum atomic E-state index is 2.40. The first-order chi connectivity index (χ1) is 14.6. The fraction of sp³-hybridized carbons (Fsp3) is 0.214. The molecule has 152 valence electrons. The van der Waals surface area contributed by atoms with Gasteiger partial charge in [-0.15, -0.1) is 0 Å². The molecule has 2 heteroatoms. The highest BCUT2D eigenvalue weighted by atomic mass is 31.1. The van der Waals surface area contributed by atoms with E-state index in [0.29, 0.717) is 0 Å². The Morgan fingerprint density at radius 3 is 1.80 bits per heavy atom. The summed E-state index contributed by atoms with van der Waals surface area (Å²) in [6.45, 7) is 4.50. The van der Waals surface area contributed by atoms with Crippen molar-refractivity contribution in [3.63, 3.8) is 0 Å². The highest BCUT2D eigenvalue weighted by Gasteiger charge is 2.30. The summed E-state index contributed by atoms with van der Waals surface area (Å²) < 4.78 is 0. The van der Waals surface area contributed by atoms with Crippen LogP contribution >= 0.6 is 7.92 Å². The molecule has 0 fully saturated rings. The lowest BCUT2D eigenvalue weighted by atomic mass is 9.97. The first-order valence-corrected chi connectivity index (χ1v) is 11.9. The smallest absolute Gasteiger partial charge is 0.0568 e. The fourth-order valence-electron chi connectivity index (χ4n) is 4.44. The van der Waals surface area contributed by atoms with Crippen LogP contribution in [-0.4, -0.2) is 19.0 Å². The van der Waals surface area contributed by atoms with Crippen molar-refractivity contribution in [1.29, 1.82) is 0 Å². The van der Waals surface area contributed by atoms with Crippen molar-refractivity contribution < 1.29 is 0 Å². The van der Waals surface area contributed by atoms with Crippen molar-refractivity contribution in [3.05, 3.63) is 119 Å². The number of nitrogens with zero attached hydrogens (tertiary/aromatic N) is 1. The Morgan fingerprint density at radius 1 is 0.733 bits per heavy atom. The largest absolute Gasteiger partial charge is 0.299 e. The molecule has 3 aromatic rings. The minimum absolute atomic E-state index is 0.286. The van der Waals surface area contributed by atoms with Crippen molar-refractivity contribution in [2.75, 3.05) is 14.1 Å². The summed E-state index contributed by atoms with van der Waals surface area (Å²) in [6, 6.07) is 29.1. The van der Waals surface area contributed by atoms with E-state index in [0.717, 1.165) is 6.42 Å². The third kappa shape index (κ3) is 4.06. The van der Waals surface area contributed by atoms with Crippen LogP contribution in [0.1, 0.15) is 29.2 Å². The molecule has 0 amide bonds. The Hall–Kier alpha value is -2.47. The van der Waals surface area contributed by atoms with Gasteiger partial charge in [0.15, 0.2) is 0 Å². The average molecular weight is 412 g/mol. The minimum Gasteiger partial charge on any atom is -0.299 e. The maximum Gasteiger partial charge on any atom is 0.0568 e. The molecule has 30 heavy (non-hydrogen) atoms. The summed E-state index contributed by atoms with van der Waals surface area (Å²) >= 11 is 0. The number of allylic oxidation sites excluding steroid dienone is 3. The van der Waals surface area contributed by atoms with Crippen molar-refractivity contribution in [3.8, 4) is 0 Å². The summed E-state index contributed by atoms with van der Waals surface area (Å²) in [5, 5.41) is 4.44. The van der Waals surface area contributed by atoms with Crippen LogP contribution < -0.4 is 10.6 Å². The van der Waals surface area contributed by atoms with Crippen molar-refractivity contribution in [2.45, 2.75) is 26.3 Å². The van der Waals surface area contributed by atoms with E-state index < -0.39 is 7.92 Å². The van der Waals surface area contributed by atoms with Crippen LogP contribution in [0.4, 0.5) is 0 Å². The molecule has 3 aromatic carbocycles. The molecule has 0 heterocycles. The Balaban J connectivity index is 1.94. The van der Waals surface area contributed by atoms with Gasteiger partial charge in [0, 0.05) is 0 Å². The molecule has 0 saturated carbocycles. The first kappa shape index (κ1) is 20.8. The minimum atomic E-state index is -0.614. The number of hydrogen-bond donors (Lipinski definition) is 0. The van der Waals surface area contributed by atoms with Crippen molar-refractivity contribution >= 4 is 18.5 Å². The Morgan fingerprint density at radius 2 is 1.27 bits per heavy atom. The highest BCUT2D eigenvalue weighted by molar-refractivity contribution is 7.77. The number of rotatable bonds is 6. The van der Waals surface area contributed by atoms with Gasteiger partial charge >= 0.3 is 0 Å². The van der Waals surface area contributed by atoms with Gasteiger partial charge < -0.3 is 0 Å². The lowest BCUT2D eigenvalue weighted by Gasteiger charge is -2.31. The summed E-state index contributed by atoms with van der Waals surface area (Å²) in [6.07, 6.45) is 5.78. The molecule has 0 aromatic heterocycles. The van der Waals surface area contributed by atoms with Crippen LogP contribution in [0.5, 0.6) is 0 Å². The van der Waals surface area contributed by atoms with Crippen LogP contribution in [0.25, 0.3) is 0 Å². The standard InChI is InChI=1S/C28H30NP/c1-21-13-8-10-18-25(21)30(26-19-11-9-14-22(26)2)27-20-12-17-24(27)28(29(3)4)23-15-6-5-7-16-23/h5-16,18-20,28H,17H2,1-4H3/t28-/m1/s1. The van der Waals surface area contributed by atoms with Crippen LogP contribution in [0, 0.1) is 13.8 Å². The molecule has 0 saturated heterocycles. The lowest BCUT2D eigenvalue weighted by molar-refractivity contribution is 0.334. The van der Waals surface area contributed by atoms with Gasteiger partial charge in [0.1, 0.15) is 0 Å². The van der Waals surface area contributed by atoms with Crippen LogP contribution in [0.3, 0.4) is 0 Å². The van der Waals surface area contributed by atoms with Crippen LogP contribution in [-0.2, 0) is 0 Å². The predicted molar refractivity (Wildman–Crippen MR) is 132 cm³/mol. The van der Waals surface area contributed by atoms with E-state index in [4.69, 9.17) is 0 Å². The second-order valence-electron chi connectivity index (χ2n) is 8.20. The predicted octanol–water partition coefficient (Wildman–Crippen LogP) is 6.25. The SMILES string of the molecule is Cc1ccccc1P(C1=C([C@@H](c2ccccc2)N(C)C)CC=C1)c1ccccc1C. The molecule has 0 spiro atoms. The first-order valence-electron chi connectivity index (χ1n) is 10.6. The average Bonchev–Trinajstić information content (AvgIpc) is 3.20. The number of aryl methyl sites for hydroxylation is 2. The zero-order chi connectivity index (χ0) is 21.1. The lowest BCUT2D eigenvalue weighted by Crippen LogP contribution is -2.24. The maximum absolute atomic E-state index is 2.40. The van der Waals surface area contributed by atoms with E-state index in [9.17, 15) is 0 Å². The second-order valence-corrected chi connectivity index (χ2v) is 10.3. The second kappa shape index (κ2) is 9.13. The molecule has 1 aliphatic carbocycles. The van der Waals surface area contributed by atoms with Gasteiger partial charge in [0.05, 0.1) is 6.04 Å². The molecule has 1 aliphatic rings. The molecular weight excluding hydrogens is 381 g/mol. The Labute approximate surface area is 182 Å². The van der Waals surface area contributed by atoms with Gasteiger partial charge in [-0.25, -0.2) is 0 Å². The number of hydrogen-bond acceptors (Lipinski definition) is 1. The topological polar surface area (TPSA) is 3.24 Å². The van der Waals surface area contributed by atoms with E-state index in [1.807, 2.05) is 0 Å². The summed E-state index contributed by atoms with van der Waals surface area (Å²) in [5.74, 6) is 0. The molecule has 1 nitrogen and oxygen atoms in total. The summed E-state index contributed by atoms with van der Waals surface area (Å²) in [7, 11) is 3.78. The normalized spacial score (nSPS) is 14.7. The third-order valence-electron chi connectivity index (χ3n) is 5.86. The van der Waals surface area contributed by atoms with Crippen LogP contribution in [0.2, 0.25) is 0 Å². The molecule has 4 rings (SSSR count). The zero-order valence-corrected chi connectivity index (χ0v) is 19.2. The Bertz CT molecular complexity index is 1030. The number of benzene rings is 3. The Kier molecular flexibility index (Phi) is 6.32. The monoisotopic (exact) mass is 411 g/mol. The number of likely N-dealkylation sites (N-methyl/N-ethyl adjacent to an activating group) is 1. The van der Waals surface area contributed by atoms with E-state index in [-0.39, 0.29) is 6.04 Å². The van der Waals surface area contributed by atoms with E-state index in [2.05, 4.69) is 124 Å². The fourth-order valence-corrected chi connectivity index (χ4v) is 7.30. The summed E-state index contributed by atoms with van der Waals surface area (Å²) in [5.41, 5.74) is 5.65. The van der Waals surface area contributed by atoms with Gasteiger partial charge in [-0.05, 0) is 80.5 Å². The van der Waals surface area contributed by atoms with Crippen molar-refractivity contribution in [1.82, 2.24) is 4.90 Å². The molecule has 0 aliphatic heterocycles. The van der Waals surface area contributed by atoms with E-state index in [1.54, 1.807) is 0 Å². The van der Waals surface area contributed by atoms with Gasteiger partial charge in [0.2, 0.25) is 0 Å². The molecular formula is C28H30NP. The van der Waals surface area contributed by atoms with Gasteiger partial charge in [-0.1, -0.05) is 91.0 Å². The van der Waals surface area contributed by atoms with E-state index in [1.165, 1.54) is 38.2 Å². The molecule has 1 atom stereocenters. The summed E-state index contributed by atoms with van der Waals surface area (Å²) in [4.78, 5) is 2.36. The van der Waals surface area contributed by atoms with Crippen molar-refractivity contribution in [2.24, 2.45) is 0 Å². The molecule has 0 N–H and O–H groups in total. The van der Waals surface area contributed by atoms with Gasteiger partial charge in [-0.3, -0.25) is 4.90 Å². The quantitative estimate of drug-likeness (QED) is 0.433. The third-order valence-corrected chi connectivity index (χ3v) is 8.74. The molecule has 0 bridgehead atoms.